The molecule has 0 saturated carbocycles. The Morgan fingerprint density at radius 1 is 0.305 bits per heavy atom. The van der Waals surface area contributed by atoms with Gasteiger partial charge in [-0.3, -0.25) is 37.3 Å². The molecule has 0 heterocycles. The van der Waals surface area contributed by atoms with Crippen molar-refractivity contribution in [2.75, 3.05) is 39.6 Å². The summed E-state index contributed by atoms with van der Waals surface area (Å²) in [5, 5.41) is 10.6. The fourth-order valence-electron chi connectivity index (χ4n) is 11.6. The standard InChI is InChI=1S/C76H148O17P2/c1-7-10-12-14-16-18-20-22-28-31-35-39-46-52-58-73(78)86-64-71(92-75(80)61-55-49-41-37-33-29-25-23-24-27-30-34-38-44-50-56-68(4)5)66-90-94(82,83)88-62-70(77)63-89-95(84,85)91-67-72(65-87-74(79)59-53-47-43-42-45-51-57-69(6)9-3)93-76(81)60-54-48-40-36-32-26-21-19-17-15-13-11-8-2/h68-72,77H,7-67H2,1-6H3,(H,82,83)(H,84,85)/t69?,70-,71-,72-/m1/s1. The molecule has 0 aromatic carbocycles. The molecule has 0 aliphatic heterocycles. The van der Waals surface area contributed by atoms with Crippen LogP contribution in [0.3, 0.4) is 0 Å². The number of hydrogen-bond donors (Lipinski definition) is 3. The molecule has 0 rings (SSSR count). The van der Waals surface area contributed by atoms with Crippen LogP contribution in [0.25, 0.3) is 0 Å². The Kier molecular flexibility index (Phi) is 66.5. The van der Waals surface area contributed by atoms with Crippen LogP contribution in [0.15, 0.2) is 0 Å². The summed E-state index contributed by atoms with van der Waals surface area (Å²) in [4.78, 5) is 72.8. The SMILES string of the molecule is CCCCCCCCCCCCCCCCC(=O)OC[C@H](COP(=O)(O)OC[C@@H](O)COP(=O)(O)OC[C@@H](COC(=O)CCCCCCCCC(C)CC)OC(=O)CCCCCCCCCCCCCCC)OC(=O)CCCCCCCCCCCCCCCCCC(C)C. The number of ether oxygens (including phenoxy) is 4. The van der Waals surface area contributed by atoms with Crippen LogP contribution in [0.2, 0.25) is 0 Å². The van der Waals surface area contributed by atoms with E-state index >= 15 is 0 Å². The summed E-state index contributed by atoms with van der Waals surface area (Å²) >= 11 is 0. The maximum absolute atomic E-state index is 13.1. The van der Waals surface area contributed by atoms with Crippen LogP contribution in [0.5, 0.6) is 0 Å². The predicted molar refractivity (Wildman–Crippen MR) is 386 cm³/mol. The third kappa shape index (κ3) is 69.0. The second kappa shape index (κ2) is 67.9. The van der Waals surface area contributed by atoms with Crippen molar-refractivity contribution in [2.45, 2.75) is 413 Å². The molecule has 0 radical (unpaired) electrons. The maximum Gasteiger partial charge on any atom is 0.472 e. The fourth-order valence-corrected chi connectivity index (χ4v) is 13.2. The zero-order valence-corrected chi connectivity index (χ0v) is 63.8. The Bertz CT molecular complexity index is 1840. The highest BCUT2D eigenvalue weighted by atomic mass is 31.2. The highest BCUT2D eigenvalue weighted by Gasteiger charge is 2.30. The number of aliphatic hydroxyl groups excluding tert-OH is 1. The van der Waals surface area contributed by atoms with E-state index < -0.39 is 97.5 Å². The zero-order valence-electron chi connectivity index (χ0n) is 62.0. The van der Waals surface area contributed by atoms with Gasteiger partial charge in [-0.25, -0.2) is 9.13 Å². The summed E-state index contributed by atoms with van der Waals surface area (Å²) in [7, 11) is -9.91. The molecule has 0 aromatic rings. The van der Waals surface area contributed by atoms with Gasteiger partial charge in [-0.05, 0) is 37.5 Å². The van der Waals surface area contributed by atoms with E-state index in [0.717, 1.165) is 108 Å². The molecule has 0 aromatic heterocycles. The predicted octanol–water partition coefficient (Wildman–Crippen LogP) is 22.3. The first-order chi connectivity index (χ1) is 45.9. The van der Waals surface area contributed by atoms with E-state index in [1.54, 1.807) is 0 Å². The molecule has 564 valence electrons. The number of phosphoric acid groups is 2. The van der Waals surface area contributed by atoms with Gasteiger partial charge in [-0.2, -0.15) is 0 Å². The van der Waals surface area contributed by atoms with Crippen molar-refractivity contribution in [1.82, 2.24) is 0 Å². The molecular formula is C76H148O17P2. The lowest BCUT2D eigenvalue weighted by molar-refractivity contribution is -0.161. The largest absolute Gasteiger partial charge is 0.472 e. The van der Waals surface area contributed by atoms with Gasteiger partial charge in [0.1, 0.15) is 19.3 Å². The summed E-state index contributed by atoms with van der Waals surface area (Å²) in [5.74, 6) is -0.580. The van der Waals surface area contributed by atoms with Crippen LogP contribution in [0, 0.1) is 11.8 Å². The Morgan fingerprint density at radius 3 is 0.800 bits per heavy atom. The van der Waals surface area contributed by atoms with E-state index in [-0.39, 0.29) is 25.7 Å². The normalized spacial score (nSPS) is 14.3. The Balaban J connectivity index is 5.24. The van der Waals surface area contributed by atoms with Crippen LogP contribution >= 0.6 is 15.6 Å². The number of carbonyl (C=O) groups excluding carboxylic acids is 4. The van der Waals surface area contributed by atoms with E-state index in [1.165, 1.54) is 205 Å². The van der Waals surface area contributed by atoms with Crippen molar-refractivity contribution in [1.29, 1.82) is 0 Å². The lowest BCUT2D eigenvalue weighted by atomic mass is 10.00. The topological polar surface area (TPSA) is 237 Å². The first kappa shape index (κ1) is 93.1. The van der Waals surface area contributed by atoms with Crippen molar-refractivity contribution in [3.8, 4) is 0 Å². The van der Waals surface area contributed by atoms with Crippen molar-refractivity contribution in [3.63, 3.8) is 0 Å². The second-order valence-electron chi connectivity index (χ2n) is 28.1. The minimum Gasteiger partial charge on any atom is -0.462 e. The maximum atomic E-state index is 13.1. The summed E-state index contributed by atoms with van der Waals surface area (Å²) in [6, 6.07) is 0. The first-order valence-corrected chi connectivity index (χ1v) is 42.5. The highest BCUT2D eigenvalue weighted by molar-refractivity contribution is 7.47. The van der Waals surface area contributed by atoms with Gasteiger partial charge in [0.05, 0.1) is 26.4 Å². The minimum absolute atomic E-state index is 0.107. The smallest absolute Gasteiger partial charge is 0.462 e. The number of carbonyl (C=O) groups is 4. The van der Waals surface area contributed by atoms with E-state index in [9.17, 15) is 43.2 Å². The average Bonchev–Trinajstić information content (AvgIpc) is 1.52. The first-order valence-electron chi connectivity index (χ1n) is 39.5. The number of rotatable bonds is 75. The third-order valence-corrected chi connectivity index (χ3v) is 20.0. The van der Waals surface area contributed by atoms with Crippen LogP contribution in [0.4, 0.5) is 0 Å². The molecule has 19 heteroatoms. The molecule has 0 aliphatic rings. The van der Waals surface area contributed by atoms with Crippen LogP contribution < -0.4 is 0 Å². The molecule has 17 nitrogen and oxygen atoms in total. The zero-order chi connectivity index (χ0) is 70.0. The lowest BCUT2D eigenvalue weighted by Gasteiger charge is -2.21. The van der Waals surface area contributed by atoms with E-state index in [0.29, 0.717) is 25.7 Å². The highest BCUT2D eigenvalue weighted by Crippen LogP contribution is 2.45. The van der Waals surface area contributed by atoms with Gasteiger partial charge in [-0.1, -0.05) is 343 Å². The van der Waals surface area contributed by atoms with Gasteiger partial charge in [0, 0.05) is 25.7 Å². The monoisotopic (exact) mass is 1400 g/mol. The Hall–Kier alpha value is -1.94. The lowest BCUT2D eigenvalue weighted by Crippen LogP contribution is -2.30. The molecule has 0 aliphatic carbocycles. The molecule has 0 fully saturated rings. The Labute approximate surface area is 581 Å². The van der Waals surface area contributed by atoms with Crippen LogP contribution in [-0.2, 0) is 65.4 Å². The van der Waals surface area contributed by atoms with Crippen molar-refractivity contribution in [3.05, 3.63) is 0 Å². The van der Waals surface area contributed by atoms with Crippen molar-refractivity contribution < 1.29 is 80.2 Å². The summed E-state index contributed by atoms with van der Waals surface area (Å²) in [6.07, 6.45) is 55.4. The van der Waals surface area contributed by atoms with Gasteiger partial charge in [0.25, 0.3) is 0 Å². The molecule has 0 spiro atoms. The van der Waals surface area contributed by atoms with Crippen molar-refractivity contribution >= 4 is 39.5 Å². The van der Waals surface area contributed by atoms with Crippen LogP contribution in [0.1, 0.15) is 395 Å². The molecule has 95 heavy (non-hydrogen) atoms. The number of aliphatic hydroxyl groups is 1. The minimum atomic E-state index is -4.96. The Morgan fingerprint density at radius 2 is 0.537 bits per heavy atom. The third-order valence-electron chi connectivity index (χ3n) is 18.1. The quantitative estimate of drug-likeness (QED) is 0.0222. The van der Waals surface area contributed by atoms with E-state index in [1.807, 2.05) is 0 Å². The number of phosphoric ester groups is 2. The average molecular weight is 1400 g/mol. The van der Waals surface area contributed by atoms with Gasteiger partial charge < -0.3 is 33.8 Å². The molecule has 0 saturated heterocycles. The molecular weight excluding hydrogens is 1250 g/mol. The summed E-state index contributed by atoms with van der Waals surface area (Å²) in [6.45, 7) is 9.59. The number of hydrogen-bond acceptors (Lipinski definition) is 15. The molecule has 3 unspecified atom stereocenters. The van der Waals surface area contributed by atoms with E-state index in [2.05, 4.69) is 41.5 Å². The summed E-state index contributed by atoms with van der Waals surface area (Å²) in [5.41, 5.74) is 0. The molecule has 6 atom stereocenters. The molecule has 0 amide bonds. The van der Waals surface area contributed by atoms with Gasteiger partial charge in [0.2, 0.25) is 0 Å². The van der Waals surface area contributed by atoms with Gasteiger partial charge in [-0.15, -0.1) is 0 Å². The van der Waals surface area contributed by atoms with Crippen LogP contribution in [-0.4, -0.2) is 96.7 Å². The number of unbranched alkanes of at least 4 members (excludes halogenated alkanes) is 44. The molecule has 0 bridgehead atoms. The fraction of sp³-hybridized carbons (Fsp3) is 0.947. The van der Waals surface area contributed by atoms with Gasteiger partial charge >= 0.3 is 39.5 Å². The second-order valence-corrected chi connectivity index (χ2v) is 31.0. The van der Waals surface area contributed by atoms with Crippen molar-refractivity contribution in [2.24, 2.45) is 11.8 Å². The van der Waals surface area contributed by atoms with E-state index in [4.69, 9.17) is 37.0 Å². The number of esters is 4. The molecule has 3 N–H and O–H groups in total. The van der Waals surface area contributed by atoms with Gasteiger partial charge in [0.15, 0.2) is 12.2 Å². The summed E-state index contributed by atoms with van der Waals surface area (Å²) < 4.78 is 68.5.